The van der Waals surface area contributed by atoms with E-state index in [0.29, 0.717) is 5.69 Å². The van der Waals surface area contributed by atoms with E-state index in [4.69, 9.17) is 11.6 Å². The van der Waals surface area contributed by atoms with E-state index in [1.54, 1.807) is 6.21 Å². The third-order valence-electron chi connectivity index (χ3n) is 3.62. The van der Waals surface area contributed by atoms with Crippen molar-refractivity contribution < 1.29 is 0 Å². The highest BCUT2D eigenvalue weighted by atomic mass is 35.5. The second kappa shape index (κ2) is 5.65. The first-order valence-electron chi connectivity index (χ1n) is 6.66. The Hall–Kier alpha value is -2.60. The van der Waals surface area contributed by atoms with Gasteiger partial charge in [-0.25, -0.2) is 5.10 Å². The largest absolute Gasteiger partial charge is 0.347 e. The lowest BCUT2D eigenvalue weighted by Crippen LogP contribution is -2.10. The number of rotatable bonds is 3. The Kier molecular flexibility index (Phi) is 3.68. The average Bonchev–Trinajstić information content (AvgIpc) is 2.77. The smallest absolute Gasteiger partial charge is 0.285 e. The highest BCUT2D eigenvalue weighted by molar-refractivity contribution is 6.32. The van der Waals surface area contributed by atoms with Crippen molar-refractivity contribution in [2.24, 2.45) is 12.1 Å². The van der Waals surface area contributed by atoms with Gasteiger partial charge in [0.25, 0.3) is 5.56 Å². The molecule has 112 valence electrons. The number of hydrogen-bond acceptors (Lipinski definition) is 4. The van der Waals surface area contributed by atoms with Crippen molar-refractivity contribution >= 4 is 34.4 Å². The van der Waals surface area contributed by atoms with Crippen LogP contribution in [0.2, 0.25) is 5.02 Å². The van der Waals surface area contributed by atoms with Gasteiger partial charge in [-0.15, -0.1) is 0 Å². The zero-order valence-corrected chi connectivity index (χ0v) is 12.8. The van der Waals surface area contributed by atoms with Crippen LogP contribution in [0.15, 0.2) is 40.4 Å². The molecule has 2 heterocycles. The van der Waals surface area contributed by atoms with E-state index in [0.717, 1.165) is 22.2 Å². The molecule has 0 aliphatic rings. The molecule has 0 radical (unpaired) electrons. The molecule has 2 N–H and O–H groups in total. The molecule has 3 aromatic rings. The van der Waals surface area contributed by atoms with Crippen molar-refractivity contribution in [3.63, 3.8) is 0 Å². The quantitative estimate of drug-likeness (QED) is 0.576. The zero-order chi connectivity index (χ0) is 15.7. The van der Waals surface area contributed by atoms with Gasteiger partial charge in [0.1, 0.15) is 10.7 Å². The lowest BCUT2D eigenvalue weighted by molar-refractivity contribution is 0.916. The molecule has 22 heavy (non-hydrogen) atoms. The van der Waals surface area contributed by atoms with Crippen LogP contribution in [-0.4, -0.2) is 21.0 Å². The first kappa shape index (κ1) is 14.3. The number of fused-ring (bicyclic) bond motifs is 1. The maximum Gasteiger partial charge on any atom is 0.285 e. The van der Waals surface area contributed by atoms with Crippen molar-refractivity contribution in [2.75, 3.05) is 5.43 Å². The Morgan fingerprint density at radius 3 is 3.00 bits per heavy atom. The summed E-state index contributed by atoms with van der Waals surface area (Å²) in [6, 6.07) is 8.10. The average molecular weight is 316 g/mol. The number of hydrogen-bond donors (Lipinski definition) is 2. The minimum absolute atomic E-state index is 0.0294. The Morgan fingerprint density at radius 1 is 1.41 bits per heavy atom. The number of hydrazone groups is 1. The van der Waals surface area contributed by atoms with Crippen molar-refractivity contribution in [3.05, 3.63) is 57.1 Å². The number of halogens is 1. The van der Waals surface area contributed by atoms with E-state index in [9.17, 15) is 4.79 Å². The van der Waals surface area contributed by atoms with E-state index < -0.39 is 5.56 Å². The van der Waals surface area contributed by atoms with Crippen molar-refractivity contribution in [3.8, 4) is 0 Å². The summed E-state index contributed by atoms with van der Waals surface area (Å²) < 4.78 is 2.11. The van der Waals surface area contributed by atoms with Crippen molar-refractivity contribution in [1.29, 1.82) is 0 Å². The van der Waals surface area contributed by atoms with Crippen LogP contribution in [0.1, 0.15) is 11.3 Å². The summed E-state index contributed by atoms with van der Waals surface area (Å²) in [6.07, 6.45) is 3.13. The molecule has 6 nitrogen and oxygen atoms in total. The molecule has 0 aliphatic heterocycles. The van der Waals surface area contributed by atoms with Crippen LogP contribution in [0.25, 0.3) is 10.9 Å². The van der Waals surface area contributed by atoms with Gasteiger partial charge in [0.2, 0.25) is 0 Å². The fourth-order valence-electron chi connectivity index (χ4n) is 2.34. The third-order valence-corrected chi connectivity index (χ3v) is 4.00. The summed E-state index contributed by atoms with van der Waals surface area (Å²) in [5.74, 6) is 0. The Labute approximate surface area is 131 Å². The first-order chi connectivity index (χ1) is 10.6. The third kappa shape index (κ3) is 2.37. The van der Waals surface area contributed by atoms with Gasteiger partial charge in [-0.3, -0.25) is 10.2 Å². The second-order valence-corrected chi connectivity index (χ2v) is 5.25. The van der Waals surface area contributed by atoms with Crippen molar-refractivity contribution in [1.82, 2.24) is 14.8 Å². The van der Waals surface area contributed by atoms with Crippen LogP contribution in [-0.2, 0) is 7.05 Å². The molecule has 0 aliphatic carbocycles. The Balaban J connectivity index is 1.95. The summed E-state index contributed by atoms with van der Waals surface area (Å²) in [4.78, 5) is 11.4. The molecule has 0 spiro atoms. The summed E-state index contributed by atoms with van der Waals surface area (Å²) in [7, 11) is 2.01. The SMILES string of the molecule is Cc1c(/C=N\Nc2cn[nH]c(=O)c2Cl)c2ccccc2n1C. The molecular formula is C15H14ClN5O. The summed E-state index contributed by atoms with van der Waals surface area (Å²) in [5, 5.41) is 11.2. The normalized spacial score (nSPS) is 11.4. The minimum Gasteiger partial charge on any atom is -0.347 e. The summed E-state index contributed by atoms with van der Waals surface area (Å²) in [5.41, 5.74) is 5.90. The molecule has 0 saturated heterocycles. The van der Waals surface area contributed by atoms with Crippen LogP contribution in [0.4, 0.5) is 5.69 Å². The second-order valence-electron chi connectivity index (χ2n) is 4.87. The predicted octanol–water partition coefficient (Wildman–Crippen LogP) is 2.67. The number of benzene rings is 1. The highest BCUT2D eigenvalue weighted by Crippen LogP contribution is 2.23. The van der Waals surface area contributed by atoms with E-state index in [1.165, 1.54) is 6.20 Å². The first-order valence-corrected chi connectivity index (χ1v) is 7.03. The van der Waals surface area contributed by atoms with Crippen LogP contribution in [0, 0.1) is 6.92 Å². The van der Waals surface area contributed by atoms with E-state index in [1.807, 2.05) is 32.2 Å². The molecule has 0 unspecified atom stereocenters. The maximum atomic E-state index is 11.4. The van der Waals surface area contributed by atoms with Crippen LogP contribution in [0.3, 0.4) is 0 Å². The maximum absolute atomic E-state index is 11.4. The number of H-pyrrole nitrogens is 1. The monoisotopic (exact) mass is 315 g/mol. The zero-order valence-electron chi connectivity index (χ0n) is 12.1. The van der Waals surface area contributed by atoms with Crippen LogP contribution in [0.5, 0.6) is 0 Å². The fourth-order valence-corrected chi connectivity index (χ4v) is 2.47. The molecule has 0 bridgehead atoms. The van der Waals surface area contributed by atoms with Gasteiger partial charge in [-0.2, -0.15) is 10.2 Å². The molecule has 0 atom stereocenters. The van der Waals surface area contributed by atoms with E-state index >= 15 is 0 Å². The molecular weight excluding hydrogens is 302 g/mol. The standard InChI is InChI=1S/C15H14ClN5O/c1-9-11(10-5-3-4-6-13(10)21(9)2)7-17-19-12-8-18-20-15(22)14(12)16/h3-8H,1-2H3,(H2,19,20,22)/b17-7-. The highest BCUT2D eigenvalue weighted by Gasteiger charge is 2.09. The van der Waals surface area contributed by atoms with Gasteiger partial charge in [-0.05, 0) is 13.0 Å². The molecule has 7 heteroatoms. The number of nitrogens with one attached hydrogen (secondary N) is 2. The number of aryl methyl sites for hydroxylation is 1. The number of para-hydroxylation sites is 1. The number of nitrogens with zero attached hydrogens (tertiary/aromatic N) is 3. The van der Waals surface area contributed by atoms with E-state index in [2.05, 4.69) is 31.4 Å². The summed E-state index contributed by atoms with van der Waals surface area (Å²) in [6.45, 7) is 2.03. The number of aromatic nitrogens is 3. The molecule has 2 aromatic heterocycles. The fraction of sp³-hybridized carbons (Fsp3) is 0.133. The number of anilines is 1. The number of aromatic amines is 1. The van der Waals surface area contributed by atoms with E-state index in [-0.39, 0.29) is 5.02 Å². The van der Waals surface area contributed by atoms with Gasteiger partial charge in [0.05, 0.1) is 12.4 Å². The van der Waals surface area contributed by atoms with Gasteiger partial charge in [0, 0.05) is 29.2 Å². The summed E-state index contributed by atoms with van der Waals surface area (Å²) >= 11 is 5.88. The van der Waals surface area contributed by atoms with Gasteiger partial charge in [-0.1, -0.05) is 29.8 Å². The predicted molar refractivity (Wildman–Crippen MR) is 88.7 cm³/mol. The molecule has 0 amide bonds. The van der Waals surface area contributed by atoms with Gasteiger partial charge < -0.3 is 4.57 Å². The van der Waals surface area contributed by atoms with Crippen molar-refractivity contribution in [2.45, 2.75) is 6.92 Å². The molecule has 0 saturated carbocycles. The van der Waals surface area contributed by atoms with Gasteiger partial charge in [0.15, 0.2) is 0 Å². The van der Waals surface area contributed by atoms with Crippen LogP contribution >= 0.6 is 11.6 Å². The lowest BCUT2D eigenvalue weighted by Gasteiger charge is -2.01. The molecule has 1 aromatic carbocycles. The van der Waals surface area contributed by atoms with Gasteiger partial charge >= 0.3 is 0 Å². The minimum atomic E-state index is -0.455. The van der Waals surface area contributed by atoms with Crippen LogP contribution < -0.4 is 11.0 Å². The topological polar surface area (TPSA) is 75.1 Å². The Morgan fingerprint density at radius 2 is 2.18 bits per heavy atom. The Bertz CT molecular complexity index is 925. The molecule has 0 fully saturated rings. The lowest BCUT2D eigenvalue weighted by atomic mass is 10.1. The molecule has 3 rings (SSSR count).